The number of hydrogen-bond acceptors (Lipinski definition) is 3. The minimum Gasteiger partial charge on any atom is -0.335 e. The fourth-order valence-corrected chi connectivity index (χ4v) is 2.92. The van der Waals surface area contributed by atoms with Crippen molar-refractivity contribution in [2.24, 2.45) is 0 Å². The molecule has 1 aromatic carbocycles. The third-order valence-corrected chi connectivity index (χ3v) is 4.16. The van der Waals surface area contributed by atoms with Crippen LogP contribution in [-0.4, -0.2) is 22.0 Å². The highest BCUT2D eigenvalue weighted by Gasteiger charge is 2.15. The summed E-state index contributed by atoms with van der Waals surface area (Å²) in [6.07, 6.45) is 7.40. The van der Waals surface area contributed by atoms with Crippen LogP contribution in [0.1, 0.15) is 37.8 Å². The predicted octanol–water partition coefficient (Wildman–Crippen LogP) is 3.28. The van der Waals surface area contributed by atoms with Crippen LogP contribution in [0.15, 0.2) is 42.7 Å². The first kappa shape index (κ1) is 15.5. The second-order valence-corrected chi connectivity index (χ2v) is 5.92. The van der Waals surface area contributed by atoms with Crippen LogP contribution >= 0.6 is 0 Å². The lowest BCUT2D eigenvalue weighted by Crippen LogP contribution is -2.42. The molecule has 1 heterocycles. The Hall–Kier alpha value is -2.43. The molecule has 2 amide bonds. The predicted molar refractivity (Wildman–Crippen MR) is 89.7 cm³/mol. The zero-order valence-corrected chi connectivity index (χ0v) is 13.2. The maximum atomic E-state index is 12.0. The molecule has 0 radical (unpaired) electrons. The van der Waals surface area contributed by atoms with Gasteiger partial charge in [0.15, 0.2) is 0 Å². The molecule has 1 aliphatic carbocycles. The first-order chi connectivity index (χ1) is 11.3. The second-order valence-electron chi connectivity index (χ2n) is 5.92. The van der Waals surface area contributed by atoms with Gasteiger partial charge in [-0.05, 0) is 18.9 Å². The molecular formula is C18H22N4O. The molecular weight excluding hydrogens is 288 g/mol. The number of benzene rings is 1. The van der Waals surface area contributed by atoms with E-state index in [2.05, 4.69) is 20.6 Å². The van der Waals surface area contributed by atoms with E-state index in [0.717, 1.165) is 29.8 Å². The molecule has 1 aromatic heterocycles. The molecule has 2 aromatic rings. The second kappa shape index (κ2) is 7.72. The van der Waals surface area contributed by atoms with Gasteiger partial charge in [-0.2, -0.15) is 0 Å². The quantitative estimate of drug-likeness (QED) is 0.910. The lowest BCUT2D eigenvalue weighted by molar-refractivity contribution is 0.232. The Labute approximate surface area is 136 Å². The first-order valence-corrected chi connectivity index (χ1v) is 8.22. The number of amides is 2. The van der Waals surface area contributed by atoms with Gasteiger partial charge in [-0.15, -0.1) is 0 Å². The van der Waals surface area contributed by atoms with Crippen molar-refractivity contribution in [3.8, 4) is 11.3 Å². The van der Waals surface area contributed by atoms with E-state index in [0.29, 0.717) is 12.6 Å². The van der Waals surface area contributed by atoms with E-state index in [9.17, 15) is 4.79 Å². The van der Waals surface area contributed by atoms with Crippen LogP contribution in [0.2, 0.25) is 0 Å². The van der Waals surface area contributed by atoms with E-state index < -0.39 is 0 Å². The summed E-state index contributed by atoms with van der Waals surface area (Å²) in [6, 6.07) is 12.1. The molecule has 2 N–H and O–H groups in total. The molecule has 0 spiro atoms. The van der Waals surface area contributed by atoms with E-state index in [4.69, 9.17) is 0 Å². The van der Waals surface area contributed by atoms with Crippen molar-refractivity contribution in [3.05, 3.63) is 48.4 Å². The highest BCUT2D eigenvalue weighted by molar-refractivity contribution is 5.74. The van der Waals surface area contributed by atoms with Gasteiger partial charge < -0.3 is 10.6 Å². The molecule has 0 saturated heterocycles. The highest BCUT2D eigenvalue weighted by Crippen LogP contribution is 2.17. The van der Waals surface area contributed by atoms with Crippen LogP contribution < -0.4 is 10.6 Å². The molecule has 5 nitrogen and oxygen atoms in total. The van der Waals surface area contributed by atoms with Gasteiger partial charge in [0.2, 0.25) is 0 Å². The standard InChI is InChI=1S/C18H22N4O/c23-18(22-15-9-5-2-6-10-15)19-12-16-11-17(21-13-20-16)14-7-3-1-4-8-14/h1,3-4,7-8,11,13,15H,2,5-6,9-10,12H2,(H2,19,22,23). The lowest BCUT2D eigenvalue weighted by Gasteiger charge is -2.22. The zero-order valence-electron chi connectivity index (χ0n) is 13.2. The van der Waals surface area contributed by atoms with E-state index in [1.807, 2.05) is 36.4 Å². The topological polar surface area (TPSA) is 66.9 Å². The molecule has 1 saturated carbocycles. The molecule has 0 unspecified atom stereocenters. The molecule has 3 rings (SSSR count). The number of carbonyl (C=O) groups excluding carboxylic acids is 1. The van der Waals surface area contributed by atoms with Crippen LogP contribution in [0, 0.1) is 0 Å². The van der Waals surface area contributed by atoms with Crippen LogP contribution in [0.3, 0.4) is 0 Å². The summed E-state index contributed by atoms with van der Waals surface area (Å²) in [7, 11) is 0. The fourth-order valence-electron chi connectivity index (χ4n) is 2.92. The van der Waals surface area contributed by atoms with Crippen molar-refractivity contribution in [2.45, 2.75) is 44.7 Å². The Morgan fingerprint density at radius 1 is 1.09 bits per heavy atom. The van der Waals surface area contributed by atoms with Crippen molar-refractivity contribution >= 4 is 6.03 Å². The third-order valence-electron chi connectivity index (χ3n) is 4.16. The molecule has 1 aliphatic rings. The van der Waals surface area contributed by atoms with Crippen molar-refractivity contribution in [2.75, 3.05) is 0 Å². The summed E-state index contributed by atoms with van der Waals surface area (Å²) in [6.45, 7) is 0.404. The monoisotopic (exact) mass is 310 g/mol. The number of hydrogen-bond donors (Lipinski definition) is 2. The summed E-state index contributed by atoms with van der Waals surface area (Å²) >= 11 is 0. The molecule has 0 aliphatic heterocycles. The highest BCUT2D eigenvalue weighted by atomic mass is 16.2. The van der Waals surface area contributed by atoms with Gasteiger partial charge in [0.1, 0.15) is 6.33 Å². The van der Waals surface area contributed by atoms with E-state index in [-0.39, 0.29) is 6.03 Å². The van der Waals surface area contributed by atoms with Gasteiger partial charge in [-0.3, -0.25) is 0 Å². The maximum Gasteiger partial charge on any atom is 0.315 e. The van der Waals surface area contributed by atoms with Gasteiger partial charge in [-0.25, -0.2) is 14.8 Å². The van der Waals surface area contributed by atoms with Gasteiger partial charge in [0, 0.05) is 11.6 Å². The minimum atomic E-state index is -0.114. The van der Waals surface area contributed by atoms with E-state index in [1.54, 1.807) is 6.33 Å². The number of rotatable bonds is 4. The average molecular weight is 310 g/mol. The van der Waals surface area contributed by atoms with Gasteiger partial charge in [0.25, 0.3) is 0 Å². The smallest absolute Gasteiger partial charge is 0.315 e. The number of nitrogens with one attached hydrogen (secondary N) is 2. The average Bonchev–Trinajstić information content (AvgIpc) is 2.62. The summed E-state index contributed by atoms with van der Waals surface area (Å²) < 4.78 is 0. The summed E-state index contributed by atoms with van der Waals surface area (Å²) in [5, 5.41) is 5.93. The summed E-state index contributed by atoms with van der Waals surface area (Å²) in [4.78, 5) is 20.5. The normalized spacial score (nSPS) is 15.1. The van der Waals surface area contributed by atoms with Gasteiger partial charge in [0.05, 0.1) is 17.9 Å². The van der Waals surface area contributed by atoms with Crippen molar-refractivity contribution in [1.29, 1.82) is 0 Å². The Bertz CT molecular complexity index is 638. The maximum absolute atomic E-state index is 12.0. The van der Waals surface area contributed by atoms with Gasteiger partial charge in [-0.1, -0.05) is 49.6 Å². The van der Waals surface area contributed by atoms with E-state index >= 15 is 0 Å². The third kappa shape index (κ3) is 4.52. The molecule has 0 atom stereocenters. The van der Waals surface area contributed by atoms with Crippen molar-refractivity contribution in [1.82, 2.24) is 20.6 Å². The SMILES string of the molecule is O=C(NCc1cc(-c2ccccc2)ncn1)NC1CCCCC1. The Kier molecular flexibility index (Phi) is 5.19. The Morgan fingerprint density at radius 3 is 2.65 bits per heavy atom. The largest absolute Gasteiger partial charge is 0.335 e. The number of urea groups is 1. The Morgan fingerprint density at radius 2 is 1.87 bits per heavy atom. The van der Waals surface area contributed by atoms with E-state index in [1.165, 1.54) is 19.3 Å². The summed E-state index contributed by atoms with van der Waals surface area (Å²) in [5.41, 5.74) is 2.71. The minimum absolute atomic E-state index is 0.114. The number of nitrogens with zero attached hydrogens (tertiary/aromatic N) is 2. The fraction of sp³-hybridized carbons (Fsp3) is 0.389. The zero-order chi connectivity index (χ0) is 15.9. The van der Waals surface area contributed by atoms with Crippen LogP contribution in [0.25, 0.3) is 11.3 Å². The number of aromatic nitrogens is 2. The molecule has 0 bridgehead atoms. The van der Waals surface area contributed by atoms with Gasteiger partial charge >= 0.3 is 6.03 Å². The molecule has 5 heteroatoms. The van der Waals surface area contributed by atoms with Crippen molar-refractivity contribution in [3.63, 3.8) is 0 Å². The molecule has 23 heavy (non-hydrogen) atoms. The Balaban J connectivity index is 1.55. The molecule has 120 valence electrons. The molecule has 1 fully saturated rings. The van der Waals surface area contributed by atoms with Crippen LogP contribution in [-0.2, 0) is 6.54 Å². The van der Waals surface area contributed by atoms with Crippen molar-refractivity contribution < 1.29 is 4.79 Å². The number of carbonyl (C=O) groups is 1. The first-order valence-electron chi connectivity index (χ1n) is 8.22. The van der Waals surface area contributed by atoms with Crippen LogP contribution in [0.4, 0.5) is 4.79 Å². The lowest BCUT2D eigenvalue weighted by atomic mass is 9.96. The summed E-state index contributed by atoms with van der Waals surface area (Å²) in [5.74, 6) is 0. The van der Waals surface area contributed by atoms with Crippen LogP contribution in [0.5, 0.6) is 0 Å².